The van der Waals surface area contributed by atoms with Crippen molar-refractivity contribution in [3.05, 3.63) is 0 Å². The average Bonchev–Trinajstić information content (AvgIpc) is 2.73. The Morgan fingerprint density at radius 2 is 2.00 bits per heavy atom. The van der Waals surface area contributed by atoms with Crippen molar-refractivity contribution in [2.75, 3.05) is 33.9 Å². The maximum Gasteiger partial charge on any atom is 0.239 e. The molecule has 2 saturated heterocycles. The third-order valence-corrected chi connectivity index (χ3v) is 4.16. The van der Waals surface area contributed by atoms with E-state index in [1.807, 2.05) is 14.1 Å². The quantitative estimate of drug-likeness (QED) is 0.780. The fourth-order valence-corrected chi connectivity index (χ4v) is 2.92. The second-order valence-electron chi connectivity index (χ2n) is 6.21. The van der Waals surface area contributed by atoms with Gasteiger partial charge >= 0.3 is 0 Å². The summed E-state index contributed by atoms with van der Waals surface area (Å²) in [5.74, 6) is 0.200. The Morgan fingerprint density at radius 3 is 2.47 bits per heavy atom. The van der Waals surface area contributed by atoms with Crippen LogP contribution in [-0.4, -0.2) is 73.7 Å². The minimum absolute atomic E-state index is 0.00616. The van der Waals surface area contributed by atoms with E-state index >= 15 is 0 Å². The summed E-state index contributed by atoms with van der Waals surface area (Å²) in [4.78, 5) is 16.1. The molecule has 0 aromatic heterocycles. The first-order valence-electron chi connectivity index (χ1n) is 7.29. The number of amides is 1. The van der Waals surface area contributed by atoms with E-state index in [1.165, 1.54) is 0 Å². The molecule has 2 heterocycles. The molecule has 0 saturated carbocycles. The van der Waals surface area contributed by atoms with Crippen LogP contribution in [0.5, 0.6) is 0 Å². The van der Waals surface area contributed by atoms with E-state index in [0.717, 1.165) is 32.6 Å². The SMILES string of the molecule is CC(C)N(CC1CCC(C(=O)N(C)C)N1)C1COC1. The Bertz CT molecular complexity index is 316. The molecule has 0 aliphatic carbocycles. The summed E-state index contributed by atoms with van der Waals surface area (Å²) in [7, 11) is 3.65. The van der Waals surface area contributed by atoms with Gasteiger partial charge in [0.2, 0.25) is 5.91 Å². The van der Waals surface area contributed by atoms with E-state index in [-0.39, 0.29) is 11.9 Å². The lowest BCUT2D eigenvalue weighted by molar-refractivity contribution is -0.130. The number of ether oxygens (including phenoxy) is 1. The van der Waals surface area contributed by atoms with Crippen molar-refractivity contribution in [1.29, 1.82) is 0 Å². The number of nitrogens with zero attached hydrogens (tertiary/aromatic N) is 2. The fraction of sp³-hybridized carbons (Fsp3) is 0.929. The first-order chi connectivity index (χ1) is 8.99. The molecule has 2 aliphatic rings. The summed E-state index contributed by atoms with van der Waals surface area (Å²) in [5.41, 5.74) is 0. The van der Waals surface area contributed by atoms with Gasteiger partial charge in [-0.05, 0) is 26.7 Å². The molecule has 110 valence electrons. The van der Waals surface area contributed by atoms with Gasteiger partial charge in [0.05, 0.1) is 25.3 Å². The number of rotatable bonds is 5. The molecule has 2 fully saturated rings. The molecule has 0 aromatic rings. The highest BCUT2D eigenvalue weighted by atomic mass is 16.5. The highest BCUT2D eigenvalue weighted by Crippen LogP contribution is 2.19. The predicted molar refractivity (Wildman–Crippen MR) is 75.1 cm³/mol. The molecule has 2 unspecified atom stereocenters. The summed E-state index contributed by atoms with van der Waals surface area (Å²) in [5, 5.41) is 3.49. The molecule has 2 rings (SSSR count). The monoisotopic (exact) mass is 269 g/mol. The van der Waals surface area contributed by atoms with Gasteiger partial charge in [0.15, 0.2) is 0 Å². The van der Waals surface area contributed by atoms with Crippen molar-refractivity contribution in [3.8, 4) is 0 Å². The van der Waals surface area contributed by atoms with Crippen molar-refractivity contribution >= 4 is 5.91 Å². The first-order valence-corrected chi connectivity index (χ1v) is 7.29. The average molecular weight is 269 g/mol. The lowest BCUT2D eigenvalue weighted by Crippen LogP contribution is -2.56. The standard InChI is InChI=1S/C14H27N3O2/c1-10(2)17(12-8-19-9-12)7-11-5-6-13(15-11)14(18)16(3)4/h10-13,15H,5-9H2,1-4H3. The third kappa shape index (κ3) is 3.46. The van der Waals surface area contributed by atoms with Gasteiger partial charge in [-0.3, -0.25) is 9.69 Å². The van der Waals surface area contributed by atoms with Crippen LogP contribution in [0.15, 0.2) is 0 Å². The zero-order valence-corrected chi connectivity index (χ0v) is 12.6. The zero-order chi connectivity index (χ0) is 14.0. The highest BCUT2D eigenvalue weighted by molar-refractivity contribution is 5.81. The number of hydrogen-bond acceptors (Lipinski definition) is 4. The van der Waals surface area contributed by atoms with E-state index in [9.17, 15) is 4.79 Å². The van der Waals surface area contributed by atoms with Gasteiger partial charge in [0.1, 0.15) is 0 Å². The number of carbonyl (C=O) groups is 1. The zero-order valence-electron chi connectivity index (χ0n) is 12.6. The number of carbonyl (C=O) groups excluding carboxylic acids is 1. The lowest BCUT2D eigenvalue weighted by atomic mass is 10.1. The molecule has 0 bridgehead atoms. The van der Waals surface area contributed by atoms with Gasteiger partial charge in [-0.25, -0.2) is 0 Å². The maximum atomic E-state index is 11.9. The van der Waals surface area contributed by atoms with Crippen molar-refractivity contribution in [2.24, 2.45) is 0 Å². The highest BCUT2D eigenvalue weighted by Gasteiger charge is 2.34. The number of hydrogen-bond donors (Lipinski definition) is 1. The van der Waals surface area contributed by atoms with Crippen LogP contribution in [0.3, 0.4) is 0 Å². The Hall–Kier alpha value is -0.650. The molecule has 19 heavy (non-hydrogen) atoms. The summed E-state index contributed by atoms with van der Waals surface area (Å²) in [6, 6.07) is 1.52. The van der Waals surface area contributed by atoms with Crippen molar-refractivity contribution in [1.82, 2.24) is 15.1 Å². The second-order valence-corrected chi connectivity index (χ2v) is 6.21. The van der Waals surface area contributed by atoms with Gasteiger partial charge in [-0.1, -0.05) is 0 Å². The lowest BCUT2D eigenvalue weighted by Gasteiger charge is -2.41. The summed E-state index contributed by atoms with van der Waals surface area (Å²) in [6.07, 6.45) is 2.04. The molecule has 1 amide bonds. The van der Waals surface area contributed by atoms with Crippen LogP contribution in [-0.2, 0) is 9.53 Å². The fourth-order valence-electron chi connectivity index (χ4n) is 2.92. The summed E-state index contributed by atoms with van der Waals surface area (Å²) < 4.78 is 5.30. The van der Waals surface area contributed by atoms with Crippen LogP contribution in [0.1, 0.15) is 26.7 Å². The third-order valence-electron chi connectivity index (χ3n) is 4.16. The number of likely N-dealkylation sites (N-methyl/N-ethyl adjacent to an activating group) is 1. The first kappa shape index (κ1) is 14.8. The van der Waals surface area contributed by atoms with Crippen molar-refractivity contribution in [2.45, 2.75) is 50.9 Å². The maximum absolute atomic E-state index is 11.9. The minimum Gasteiger partial charge on any atom is -0.378 e. The Morgan fingerprint density at radius 1 is 1.32 bits per heavy atom. The molecule has 2 atom stereocenters. The van der Waals surface area contributed by atoms with Crippen LogP contribution < -0.4 is 5.32 Å². The molecule has 1 N–H and O–H groups in total. The van der Waals surface area contributed by atoms with E-state index in [0.29, 0.717) is 18.1 Å². The largest absolute Gasteiger partial charge is 0.378 e. The molecule has 0 spiro atoms. The summed E-state index contributed by atoms with van der Waals surface area (Å²) >= 11 is 0. The van der Waals surface area contributed by atoms with E-state index < -0.39 is 0 Å². The number of nitrogens with one attached hydrogen (secondary N) is 1. The van der Waals surface area contributed by atoms with Crippen LogP contribution in [0.4, 0.5) is 0 Å². The van der Waals surface area contributed by atoms with Crippen LogP contribution >= 0.6 is 0 Å². The summed E-state index contributed by atoms with van der Waals surface area (Å²) in [6.45, 7) is 7.18. The van der Waals surface area contributed by atoms with Crippen LogP contribution in [0.25, 0.3) is 0 Å². The molecule has 0 radical (unpaired) electrons. The second kappa shape index (κ2) is 6.20. The van der Waals surface area contributed by atoms with E-state index in [2.05, 4.69) is 24.1 Å². The molecular formula is C14H27N3O2. The Kier molecular flexibility index (Phi) is 4.81. The smallest absolute Gasteiger partial charge is 0.239 e. The van der Waals surface area contributed by atoms with E-state index in [1.54, 1.807) is 4.90 Å². The topological polar surface area (TPSA) is 44.8 Å². The van der Waals surface area contributed by atoms with Crippen LogP contribution in [0.2, 0.25) is 0 Å². The van der Waals surface area contributed by atoms with Crippen molar-refractivity contribution < 1.29 is 9.53 Å². The van der Waals surface area contributed by atoms with Gasteiger partial charge in [0, 0.05) is 32.7 Å². The molecule has 2 aliphatic heterocycles. The predicted octanol–water partition coefficient (Wildman–Crippen LogP) is 0.304. The van der Waals surface area contributed by atoms with Crippen molar-refractivity contribution in [3.63, 3.8) is 0 Å². The Labute approximate surface area is 116 Å². The van der Waals surface area contributed by atoms with Gasteiger partial charge in [-0.15, -0.1) is 0 Å². The molecule has 5 heteroatoms. The van der Waals surface area contributed by atoms with Crippen LogP contribution in [0, 0.1) is 0 Å². The minimum atomic E-state index is 0.00616. The van der Waals surface area contributed by atoms with Gasteiger partial charge < -0.3 is 15.0 Å². The van der Waals surface area contributed by atoms with Gasteiger partial charge in [0.25, 0.3) is 0 Å². The van der Waals surface area contributed by atoms with E-state index in [4.69, 9.17) is 4.74 Å². The van der Waals surface area contributed by atoms with Gasteiger partial charge in [-0.2, -0.15) is 0 Å². The molecule has 5 nitrogen and oxygen atoms in total. The Balaban J connectivity index is 1.84. The molecule has 0 aromatic carbocycles. The molecular weight excluding hydrogens is 242 g/mol. The normalized spacial score (nSPS) is 27.9.